The van der Waals surface area contributed by atoms with Gasteiger partial charge in [0.25, 0.3) is 0 Å². The maximum Gasteiger partial charge on any atom is 0.213 e. The first-order chi connectivity index (χ1) is 68.2. The van der Waals surface area contributed by atoms with Crippen molar-refractivity contribution >= 4 is 0 Å². The standard InChI is InChI=1S/3C21H22N.3C20H20N/c1-15-13-21(22(4)14-17(15)3)20-11-10-19(12-16(20)2)18-8-6-5-7-9-18;2*1-15-10-11-19(16(2)12-15)21-13-20(17(3)14-22(21)4)18-8-6-5-7-9-18;1-15-9-7-8-12-18(15)20-13-19(16(2)14-21(20)3)17-10-5-4-6-11-17;2*1-15-9-12-20(21(3)14-15)19-11-10-18(13-16(19)2)17-7-5-4-6-8-17/h3*5-14H,1-4H3;3*4-14H,1-3H3/q6*+1/i2*1D3,3D3;;;1D3;. The van der Waals surface area contributed by atoms with E-state index in [1.54, 1.807) is 59.9 Å². The fourth-order valence-corrected chi connectivity index (χ4v) is 16.8. The Morgan fingerprint density at radius 2 is 0.419 bits per heavy atom. The van der Waals surface area contributed by atoms with Crippen LogP contribution >= 0.6 is 0 Å². The molecule has 0 aliphatic heterocycles. The van der Waals surface area contributed by atoms with E-state index < -0.39 is 34.3 Å². The van der Waals surface area contributed by atoms with Crippen LogP contribution in [0.25, 0.3) is 134 Å². The molecule has 129 heavy (non-hydrogen) atoms. The average molecular weight is 1700 g/mol. The monoisotopic (exact) mass is 1700 g/mol. The Balaban J connectivity index is 0.000000145. The molecule has 0 saturated carbocycles. The summed E-state index contributed by atoms with van der Waals surface area (Å²) in [6, 6.07) is 117. The SMILES string of the molecule is Cc1c[n+](C)c(-c2ccccc2C)cc1-c1ccccc1.Cc1ccc(-c2cc(-c3ccccc3)c(C)c[n+]2C)c(C)c1.Cc1ccc(-c2ccc(-c3ccccc3)cc2C)[n+](C)c1.[2H]C([2H])([2H])c1cc(-c2ccc(-c3ccccc3)cc2C)[n+](C)cc1C([2H])([2H])[2H].[2H]C([2H])([2H])c1ccc(-c2cc(-c3ccccc3)c(C([2H])([2H])[2H])c[n+]2C)c(C)c1.[2H]C([2H])([2H])c1ccc(-c2ccc(-c3ccccc3)cc2C)[n+](C)c1. The fourth-order valence-electron chi connectivity index (χ4n) is 16.8. The van der Waals surface area contributed by atoms with Gasteiger partial charge in [0, 0.05) is 124 Å². The first kappa shape index (κ1) is 73.7. The Morgan fingerprint density at radius 3 is 0.775 bits per heavy atom. The molecular formula is C123H126N6+6. The van der Waals surface area contributed by atoms with Crippen molar-refractivity contribution in [2.24, 2.45) is 42.3 Å². The summed E-state index contributed by atoms with van der Waals surface area (Å²) in [6.07, 6.45) is 11.3. The highest BCUT2D eigenvalue weighted by molar-refractivity contribution is 5.78. The van der Waals surface area contributed by atoms with Gasteiger partial charge in [-0.3, -0.25) is 0 Å². The van der Waals surface area contributed by atoms with Gasteiger partial charge in [0.1, 0.15) is 42.3 Å². The van der Waals surface area contributed by atoms with Crippen LogP contribution in [0, 0.1) is 103 Å². The molecule has 0 N–H and O–H groups in total. The number of aromatic nitrogens is 6. The molecule has 0 bridgehead atoms. The van der Waals surface area contributed by atoms with Crippen molar-refractivity contribution in [2.45, 2.75) is 103 Å². The molecule has 0 radical (unpaired) electrons. The summed E-state index contributed by atoms with van der Waals surface area (Å²) in [5.41, 5.74) is 39.3. The number of hydrogen-bond donors (Lipinski definition) is 0. The first-order valence-electron chi connectivity index (χ1n) is 51.2. The van der Waals surface area contributed by atoms with Crippen LogP contribution in [0.3, 0.4) is 0 Å². The Morgan fingerprint density at radius 1 is 0.147 bits per heavy atom. The molecular weight excluding hydrogens is 1560 g/mol. The number of rotatable bonds is 12. The van der Waals surface area contributed by atoms with Crippen LogP contribution in [-0.4, -0.2) is 0 Å². The Kier molecular flexibility index (Phi) is 24.4. The van der Waals surface area contributed by atoms with Gasteiger partial charge in [-0.2, -0.15) is 0 Å². The van der Waals surface area contributed by atoms with Crippen LogP contribution in [0.1, 0.15) is 104 Å². The highest BCUT2D eigenvalue weighted by Crippen LogP contribution is 2.36. The normalized spacial score (nSPS) is 12.9. The zero-order valence-corrected chi connectivity index (χ0v) is 77.1. The second-order valence-electron chi connectivity index (χ2n) is 33.5. The molecule has 6 heteroatoms. The van der Waals surface area contributed by atoms with Gasteiger partial charge < -0.3 is 0 Å². The molecule has 12 aromatic carbocycles. The summed E-state index contributed by atoms with van der Waals surface area (Å²) in [4.78, 5) is 0. The van der Waals surface area contributed by atoms with Crippen LogP contribution in [0.5, 0.6) is 0 Å². The molecule has 6 nitrogen and oxygen atoms in total. The lowest BCUT2D eigenvalue weighted by atomic mass is 9.97. The van der Waals surface area contributed by atoms with Gasteiger partial charge in [-0.05, 0) is 258 Å². The van der Waals surface area contributed by atoms with Crippen LogP contribution in [0.15, 0.2) is 383 Å². The minimum atomic E-state index is -2.51. The average Bonchev–Trinajstić information content (AvgIpc) is 0.762. The van der Waals surface area contributed by atoms with Crippen LogP contribution in [0.4, 0.5) is 0 Å². The van der Waals surface area contributed by atoms with Crippen LogP contribution in [0.2, 0.25) is 0 Å². The third kappa shape index (κ3) is 23.1. The molecule has 0 fully saturated rings. The largest absolute Gasteiger partial charge is 0.213 e. The van der Waals surface area contributed by atoms with Crippen LogP contribution in [-0.2, 0) is 42.3 Å². The summed E-state index contributed by atoms with van der Waals surface area (Å²) in [5.74, 6) is 0. The minimum absolute atomic E-state index is 0.132. The van der Waals surface area contributed by atoms with Crippen molar-refractivity contribution in [3.8, 4) is 134 Å². The third-order valence-corrected chi connectivity index (χ3v) is 23.6. The van der Waals surface area contributed by atoms with Crippen molar-refractivity contribution in [3.05, 3.63) is 466 Å². The van der Waals surface area contributed by atoms with Crippen molar-refractivity contribution in [1.29, 1.82) is 0 Å². The zero-order chi connectivity index (χ0) is 104. The Labute approximate surface area is 790 Å². The summed E-state index contributed by atoms with van der Waals surface area (Å²) in [6.45, 7) is 9.56. The number of hydrogen-bond acceptors (Lipinski definition) is 0. The lowest BCUT2D eigenvalue weighted by Gasteiger charge is -2.10. The fraction of sp³-hybridized carbons (Fsp3) is 0.171. The molecule has 0 amide bonds. The van der Waals surface area contributed by atoms with Gasteiger partial charge in [-0.25, -0.2) is 27.4 Å². The van der Waals surface area contributed by atoms with E-state index in [4.69, 9.17) is 20.6 Å². The molecule has 0 spiro atoms. The van der Waals surface area contributed by atoms with Crippen molar-refractivity contribution < 1.29 is 48.0 Å². The summed E-state index contributed by atoms with van der Waals surface area (Å²) in [7, 11) is 11.8. The lowest BCUT2D eigenvalue weighted by molar-refractivity contribution is -0.660. The molecule has 0 aliphatic rings. The Bertz CT molecular complexity index is 7570. The molecule has 0 saturated heterocycles. The first-order valence-corrected chi connectivity index (χ1v) is 43.7. The summed E-state index contributed by atoms with van der Waals surface area (Å²) < 4.78 is 128. The maximum atomic E-state index is 7.93. The predicted molar refractivity (Wildman–Crippen MR) is 542 cm³/mol. The maximum absolute atomic E-state index is 7.93. The zero-order valence-electron chi connectivity index (χ0n) is 92.1. The van der Waals surface area contributed by atoms with E-state index in [1.807, 2.05) is 129 Å². The molecule has 0 aliphatic carbocycles. The third-order valence-electron chi connectivity index (χ3n) is 23.6. The van der Waals surface area contributed by atoms with E-state index in [0.29, 0.717) is 22.4 Å². The van der Waals surface area contributed by atoms with Crippen molar-refractivity contribution in [1.82, 2.24) is 0 Å². The number of pyridine rings is 6. The number of aryl methyl sites for hydroxylation is 21. The minimum Gasteiger partial charge on any atom is -0.201 e. The van der Waals surface area contributed by atoms with E-state index in [9.17, 15) is 0 Å². The van der Waals surface area contributed by atoms with Gasteiger partial charge in [-0.1, -0.05) is 272 Å². The highest BCUT2D eigenvalue weighted by atomic mass is 14.9. The topological polar surface area (TPSA) is 23.3 Å². The van der Waals surface area contributed by atoms with E-state index in [2.05, 4.69) is 321 Å². The smallest absolute Gasteiger partial charge is 0.201 e. The van der Waals surface area contributed by atoms with Crippen molar-refractivity contribution in [2.75, 3.05) is 0 Å². The van der Waals surface area contributed by atoms with E-state index in [0.717, 1.165) is 61.5 Å². The van der Waals surface area contributed by atoms with E-state index in [-0.39, 0.29) is 16.7 Å². The molecule has 0 unspecified atom stereocenters. The van der Waals surface area contributed by atoms with Crippen molar-refractivity contribution in [3.63, 3.8) is 0 Å². The number of nitrogens with zero attached hydrogens (tertiary/aromatic N) is 6. The quantitative estimate of drug-likeness (QED) is 0.109. The summed E-state index contributed by atoms with van der Waals surface area (Å²) >= 11 is 0. The van der Waals surface area contributed by atoms with Crippen LogP contribution < -0.4 is 27.4 Å². The summed E-state index contributed by atoms with van der Waals surface area (Å²) in [5, 5.41) is 0. The Hall–Kier alpha value is -14.5. The molecule has 18 rings (SSSR count). The van der Waals surface area contributed by atoms with E-state index in [1.165, 1.54) is 129 Å². The van der Waals surface area contributed by atoms with Gasteiger partial charge in [0.15, 0.2) is 37.2 Å². The number of benzene rings is 12. The molecule has 6 aromatic heterocycles. The van der Waals surface area contributed by atoms with Gasteiger partial charge in [0.05, 0.1) is 0 Å². The highest BCUT2D eigenvalue weighted by Gasteiger charge is 2.23. The molecule has 18 aromatic rings. The van der Waals surface area contributed by atoms with Gasteiger partial charge in [-0.15, -0.1) is 0 Å². The second-order valence-corrected chi connectivity index (χ2v) is 33.5. The predicted octanol–water partition coefficient (Wildman–Crippen LogP) is 27.7. The molecule has 0 atom stereocenters. The molecule has 6 heterocycles. The lowest BCUT2D eigenvalue weighted by Crippen LogP contribution is -2.31. The van der Waals surface area contributed by atoms with E-state index >= 15 is 0 Å². The van der Waals surface area contributed by atoms with Gasteiger partial charge >= 0.3 is 0 Å². The van der Waals surface area contributed by atoms with Gasteiger partial charge in [0.2, 0.25) is 34.2 Å². The molecule has 642 valence electrons. The second kappa shape index (κ2) is 42.7.